The fourth-order valence-electron chi connectivity index (χ4n) is 3.98. The van der Waals surface area contributed by atoms with E-state index in [9.17, 15) is 9.18 Å². The molecule has 0 bridgehead atoms. The number of aromatic nitrogens is 7. The molecule has 0 aliphatic heterocycles. The number of anilines is 2. The molecule has 0 spiro atoms. The van der Waals surface area contributed by atoms with Crippen LogP contribution in [-0.4, -0.2) is 54.2 Å². The van der Waals surface area contributed by atoms with Gasteiger partial charge < -0.3 is 15.2 Å². The van der Waals surface area contributed by atoms with Crippen LogP contribution in [0.15, 0.2) is 58.4 Å². The minimum atomic E-state index is -0.427. The number of aryl methyl sites for hydroxylation is 3. The Bertz CT molecular complexity index is 1750. The first-order valence-electron chi connectivity index (χ1n) is 12.5. The SMILES string of the molecule is CN=Cc1nc(Nc2cc(C)nc(-c3cnc(C(=O)NCc4ccc(-c5cc(F)cnc5C)nc4)c(C)c3)n2)no1. The Hall–Kier alpha value is -5.46. The first-order chi connectivity index (χ1) is 19.8. The number of aliphatic imine (C=N–C) groups is 1. The van der Waals surface area contributed by atoms with Gasteiger partial charge in [0, 0.05) is 54.6 Å². The summed E-state index contributed by atoms with van der Waals surface area (Å²) >= 11 is 0. The Kier molecular flexibility index (Phi) is 7.76. The molecule has 206 valence electrons. The lowest BCUT2D eigenvalue weighted by molar-refractivity contribution is 0.0945. The molecule has 0 aromatic carbocycles. The van der Waals surface area contributed by atoms with E-state index in [2.05, 4.69) is 50.7 Å². The molecule has 0 saturated heterocycles. The van der Waals surface area contributed by atoms with Crippen molar-refractivity contribution >= 4 is 23.9 Å². The molecule has 5 heterocycles. The minimum Gasteiger partial charge on any atom is -0.347 e. The lowest BCUT2D eigenvalue weighted by Crippen LogP contribution is -2.24. The Morgan fingerprint density at radius 3 is 2.63 bits per heavy atom. The zero-order chi connectivity index (χ0) is 28.9. The Morgan fingerprint density at radius 1 is 1.02 bits per heavy atom. The number of pyridine rings is 3. The van der Waals surface area contributed by atoms with Crippen molar-refractivity contribution in [3.8, 4) is 22.6 Å². The molecular formula is C28H25FN10O2. The fraction of sp³-hybridized carbons (Fsp3) is 0.179. The summed E-state index contributed by atoms with van der Waals surface area (Å²) in [5.74, 6) is 0.624. The molecule has 0 unspecified atom stereocenters. The summed E-state index contributed by atoms with van der Waals surface area (Å²) in [4.78, 5) is 42.8. The van der Waals surface area contributed by atoms with Crippen molar-refractivity contribution in [1.29, 1.82) is 0 Å². The van der Waals surface area contributed by atoms with Crippen LogP contribution in [0.1, 0.15) is 38.9 Å². The van der Waals surface area contributed by atoms with Gasteiger partial charge in [0.05, 0.1) is 18.1 Å². The highest BCUT2D eigenvalue weighted by molar-refractivity contribution is 5.94. The van der Waals surface area contributed by atoms with Gasteiger partial charge >= 0.3 is 0 Å². The van der Waals surface area contributed by atoms with Gasteiger partial charge in [-0.2, -0.15) is 4.98 Å². The average Bonchev–Trinajstić information content (AvgIpc) is 3.39. The number of hydrogen-bond acceptors (Lipinski definition) is 11. The second-order valence-corrected chi connectivity index (χ2v) is 9.10. The highest BCUT2D eigenvalue weighted by Crippen LogP contribution is 2.22. The predicted octanol–water partition coefficient (Wildman–Crippen LogP) is 4.17. The van der Waals surface area contributed by atoms with E-state index in [4.69, 9.17) is 4.52 Å². The average molecular weight is 553 g/mol. The van der Waals surface area contributed by atoms with Gasteiger partial charge in [-0.15, -0.1) is 0 Å². The van der Waals surface area contributed by atoms with Gasteiger partial charge in [-0.05, 0) is 55.3 Å². The molecule has 5 rings (SSSR count). The number of amides is 1. The van der Waals surface area contributed by atoms with E-state index in [0.717, 1.165) is 5.56 Å². The lowest BCUT2D eigenvalue weighted by atomic mass is 10.1. The molecule has 0 saturated carbocycles. The van der Waals surface area contributed by atoms with Crippen LogP contribution in [-0.2, 0) is 6.54 Å². The summed E-state index contributed by atoms with van der Waals surface area (Å²) < 4.78 is 18.7. The highest BCUT2D eigenvalue weighted by Gasteiger charge is 2.15. The molecule has 0 aliphatic rings. The Balaban J connectivity index is 1.26. The molecule has 13 heteroatoms. The normalized spacial score (nSPS) is 11.1. The zero-order valence-electron chi connectivity index (χ0n) is 22.7. The van der Waals surface area contributed by atoms with Crippen LogP contribution in [0.5, 0.6) is 0 Å². The molecule has 5 aromatic heterocycles. The van der Waals surface area contributed by atoms with E-state index >= 15 is 0 Å². The third-order valence-electron chi connectivity index (χ3n) is 5.93. The van der Waals surface area contributed by atoms with Gasteiger partial charge in [-0.25, -0.2) is 14.4 Å². The summed E-state index contributed by atoms with van der Waals surface area (Å²) in [6.45, 7) is 5.66. The zero-order valence-corrected chi connectivity index (χ0v) is 22.7. The van der Waals surface area contributed by atoms with E-state index in [0.29, 0.717) is 45.4 Å². The first kappa shape index (κ1) is 27.1. The van der Waals surface area contributed by atoms with E-state index in [1.165, 1.54) is 18.5 Å². The quantitative estimate of drug-likeness (QED) is 0.268. The predicted molar refractivity (Wildman–Crippen MR) is 149 cm³/mol. The number of rotatable bonds is 8. The van der Waals surface area contributed by atoms with E-state index < -0.39 is 5.82 Å². The van der Waals surface area contributed by atoms with Crippen LogP contribution in [0.25, 0.3) is 22.6 Å². The summed E-state index contributed by atoms with van der Waals surface area (Å²) in [7, 11) is 1.61. The van der Waals surface area contributed by atoms with Gasteiger partial charge in [-0.1, -0.05) is 6.07 Å². The maximum absolute atomic E-state index is 13.6. The van der Waals surface area contributed by atoms with E-state index in [-0.39, 0.29) is 30.0 Å². The summed E-state index contributed by atoms with van der Waals surface area (Å²) in [5, 5.41) is 9.70. The van der Waals surface area contributed by atoms with E-state index in [1.54, 1.807) is 51.5 Å². The van der Waals surface area contributed by atoms with Crippen LogP contribution >= 0.6 is 0 Å². The van der Waals surface area contributed by atoms with Crippen LogP contribution in [0.4, 0.5) is 16.2 Å². The van der Waals surface area contributed by atoms with Crippen molar-refractivity contribution in [3.63, 3.8) is 0 Å². The number of nitrogens with one attached hydrogen (secondary N) is 2. The fourth-order valence-corrected chi connectivity index (χ4v) is 3.98. The maximum Gasteiger partial charge on any atom is 0.270 e. The smallest absolute Gasteiger partial charge is 0.270 e. The van der Waals surface area contributed by atoms with Gasteiger partial charge in [0.15, 0.2) is 5.82 Å². The third-order valence-corrected chi connectivity index (χ3v) is 5.93. The topological polar surface area (TPSA) is 157 Å². The monoisotopic (exact) mass is 552 g/mol. The van der Waals surface area contributed by atoms with Gasteiger partial charge in [0.1, 0.15) is 17.3 Å². The van der Waals surface area contributed by atoms with Crippen molar-refractivity contribution < 1.29 is 13.7 Å². The highest BCUT2D eigenvalue weighted by atomic mass is 19.1. The molecule has 0 fully saturated rings. The van der Waals surface area contributed by atoms with Crippen LogP contribution < -0.4 is 10.6 Å². The largest absolute Gasteiger partial charge is 0.347 e. The molecule has 5 aromatic rings. The number of halogens is 1. The minimum absolute atomic E-state index is 0.233. The Morgan fingerprint density at radius 2 is 1.88 bits per heavy atom. The molecule has 0 radical (unpaired) electrons. The number of hydrogen-bond donors (Lipinski definition) is 2. The lowest BCUT2D eigenvalue weighted by Gasteiger charge is -2.10. The van der Waals surface area contributed by atoms with Gasteiger partial charge in [0.25, 0.3) is 17.7 Å². The van der Waals surface area contributed by atoms with Crippen molar-refractivity contribution in [3.05, 3.63) is 88.8 Å². The second-order valence-electron chi connectivity index (χ2n) is 9.10. The van der Waals surface area contributed by atoms with Crippen molar-refractivity contribution in [1.82, 2.24) is 40.4 Å². The standard InChI is InChI=1S/C28H25FN10O2/c1-15-7-19(26-35-16(2)8-23(36-26)37-28-38-24(14-30-4)41-39-28)12-33-25(15)27(40)34-11-18-5-6-22(32-10-18)21-9-20(29)13-31-17(21)3/h5-10,12-14H,11H2,1-4H3,(H,34,40)(H,35,36,37,39). The van der Waals surface area contributed by atoms with Gasteiger partial charge in [-0.3, -0.25) is 24.7 Å². The van der Waals surface area contributed by atoms with Crippen LogP contribution in [0.3, 0.4) is 0 Å². The maximum atomic E-state index is 13.6. The molecular weight excluding hydrogens is 527 g/mol. The molecule has 41 heavy (non-hydrogen) atoms. The van der Waals surface area contributed by atoms with Crippen LogP contribution in [0.2, 0.25) is 0 Å². The van der Waals surface area contributed by atoms with Crippen molar-refractivity contribution in [2.45, 2.75) is 27.3 Å². The molecule has 2 N–H and O–H groups in total. The number of carbonyl (C=O) groups is 1. The molecule has 1 amide bonds. The molecule has 12 nitrogen and oxygen atoms in total. The summed E-state index contributed by atoms with van der Waals surface area (Å²) in [5.41, 5.74) is 4.96. The van der Waals surface area contributed by atoms with E-state index in [1.807, 2.05) is 13.0 Å². The van der Waals surface area contributed by atoms with Crippen molar-refractivity contribution in [2.24, 2.45) is 4.99 Å². The number of nitrogens with zero attached hydrogens (tertiary/aromatic N) is 8. The summed E-state index contributed by atoms with van der Waals surface area (Å²) in [6, 6.07) is 8.54. The Labute approximate surface area is 234 Å². The summed E-state index contributed by atoms with van der Waals surface area (Å²) in [6.07, 6.45) is 5.81. The molecule has 0 atom stereocenters. The number of carbonyl (C=O) groups excluding carboxylic acids is 1. The molecule has 0 aliphatic carbocycles. The van der Waals surface area contributed by atoms with Crippen molar-refractivity contribution in [2.75, 3.05) is 12.4 Å². The second kappa shape index (κ2) is 11.7. The van der Waals surface area contributed by atoms with Crippen LogP contribution in [0, 0.1) is 26.6 Å². The van der Waals surface area contributed by atoms with Gasteiger partial charge in [0.2, 0.25) is 0 Å². The first-order valence-corrected chi connectivity index (χ1v) is 12.5. The third kappa shape index (κ3) is 6.41.